The molecular formula is C31H28FO4S+. The smallest absolute Gasteiger partial charge is 0.345 e. The Kier molecular flexibility index (Phi) is 7.47. The van der Waals surface area contributed by atoms with E-state index < -0.39 is 11.6 Å². The molecule has 0 amide bonds. The molecule has 0 saturated heterocycles. The summed E-state index contributed by atoms with van der Waals surface area (Å²) in [6.45, 7) is 8.63. The molecule has 1 unspecified atom stereocenters. The summed E-state index contributed by atoms with van der Waals surface area (Å²) in [6.07, 6.45) is 0. The van der Waals surface area contributed by atoms with Gasteiger partial charge in [0, 0.05) is 45.2 Å². The van der Waals surface area contributed by atoms with Crippen molar-refractivity contribution in [1.29, 1.82) is 0 Å². The molecule has 0 aliphatic heterocycles. The van der Waals surface area contributed by atoms with Crippen LogP contribution in [0.3, 0.4) is 0 Å². The van der Waals surface area contributed by atoms with Gasteiger partial charge >= 0.3 is 5.97 Å². The van der Waals surface area contributed by atoms with Gasteiger partial charge in [0.2, 0.25) is 0 Å². The number of benzene rings is 3. The fraction of sp³-hybridized carbons (Fsp3) is 0.226. The Morgan fingerprint density at radius 2 is 1.65 bits per heavy atom. The van der Waals surface area contributed by atoms with E-state index in [1.54, 1.807) is 32.9 Å². The van der Waals surface area contributed by atoms with Gasteiger partial charge in [-0.15, -0.1) is 0 Å². The summed E-state index contributed by atoms with van der Waals surface area (Å²) in [5, 5.41) is 3.23. The molecule has 0 fully saturated rings. The Labute approximate surface area is 219 Å². The Balaban J connectivity index is 1.45. The summed E-state index contributed by atoms with van der Waals surface area (Å²) < 4.78 is 25.6. The molecule has 0 bridgehead atoms. The van der Waals surface area contributed by atoms with E-state index in [4.69, 9.17) is 9.47 Å². The number of rotatable bonds is 6. The fourth-order valence-corrected chi connectivity index (χ4v) is 6.05. The molecule has 1 heterocycles. The molecule has 1 atom stereocenters. The van der Waals surface area contributed by atoms with Crippen LogP contribution in [0.25, 0.3) is 15.0 Å². The van der Waals surface area contributed by atoms with Gasteiger partial charge in [-0.2, -0.15) is 0 Å². The first-order valence-electron chi connectivity index (χ1n) is 11.8. The summed E-state index contributed by atoms with van der Waals surface area (Å²) in [4.78, 5) is 25.4. The molecule has 1 aromatic heterocycles. The minimum Gasteiger partial charge on any atom is -0.481 e. The number of carbonyl (C=O) groups excluding carboxylic acids is 2. The maximum absolute atomic E-state index is 13.1. The zero-order chi connectivity index (χ0) is 26.7. The Hall–Kier alpha value is -3.95. The number of thiophene rings is 1. The molecule has 4 rings (SSSR count). The lowest BCUT2D eigenvalue weighted by atomic mass is 10.1. The number of ether oxygens (including phenoxy) is 2. The van der Waals surface area contributed by atoms with Gasteiger partial charge in [0.15, 0.2) is 27.6 Å². The highest BCUT2D eigenvalue weighted by Gasteiger charge is 2.22. The first-order chi connectivity index (χ1) is 17.5. The van der Waals surface area contributed by atoms with Crippen LogP contribution < -0.4 is 4.74 Å². The van der Waals surface area contributed by atoms with Gasteiger partial charge in [0.25, 0.3) is 0 Å². The van der Waals surface area contributed by atoms with Crippen LogP contribution in [0.5, 0.6) is 5.75 Å². The van der Waals surface area contributed by atoms with Crippen LogP contribution >= 0.6 is 10.5 Å². The van der Waals surface area contributed by atoms with Crippen LogP contribution in [0.4, 0.5) is 4.39 Å². The number of carbonyl (C=O) groups is 2. The van der Waals surface area contributed by atoms with Crippen LogP contribution in [0.1, 0.15) is 47.8 Å². The van der Waals surface area contributed by atoms with Crippen molar-refractivity contribution in [3.8, 4) is 22.5 Å². The fourth-order valence-electron chi connectivity index (χ4n) is 4.01. The standard InChI is InChI=1S/C31H28FO4S/c1-20-16-27(37-15-13-25-18-24(22(3)33)8-11-28(25)37)17-21(2)30(20)35-19-29(34)36-31(4,5)14-12-23-6-9-26(32)10-7-23/h6-11,13,15-18H,19H2,1-5H3/q+1. The SMILES string of the molecule is CC(=O)c1ccc2c(cc[s+]2-c2cc(C)c(OCC(=O)OC(C)(C)C#Cc3ccc(F)cc3)c(C)c2)c1. The topological polar surface area (TPSA) is 52.6 Å². The predicted molar refractivity (Wildman–Crippen MR) is 146 cm³/mol. The summed E-state index contributed by atoms with van der Waals surface area (Å²) in [5.41, 5.74) is 2.16. The summed E-state index contributed by atoms with van der Waals surface area (Å²) in [5.74, 6) is 5.65. The highest BCUT2D eigenvalue weighted by Crippen LogP contribution is 2.42. The lowest BCUT2D eigenvalue weighted by Gasteiger charge is -2.19. The Morgan fingerprint density at radius 1 is 0.973 bits per heavy atom. The molecule has 188 valence electrons. The van der Waals surface area contributed by atoms with Gasteiger partial charge < -0.3 is 9.47 Å². The number of hydrogen-bond acceptors (Lipinski definition) is 4. The molecule has 4 nitrogen and oxygen atoms in total. The van der Waals surface area contributed by atoms with E-state index in [2.05, 4.69) is 35.4 Å². The minimum atomic E-state index is -1.03. The van der Waals surface area contributed by atoms with Crippen LogP contribution in [0.2, 0.25) is 0 Å². The average Bonchev–Trinajstić information content (AvgIpc) is 3.26. The van der Waals surface area contributed by atoms with Crippen LogP contribution in [0.15, 0.2) is 66.0 Å². The maximum Gasteiger partial charge on any atom is 0.345 e. The van der Waals surface area contributed by atoms with Crippen molar-refractivity contribution in [2.45, 2.75) is 40.2 Å². The van der Waals surface area contributed by atoms with E-state index in [1.165, 1.54) is 16.8 Å². The number of halogens is 1. The molecule has 0 N–H and O–H groups in total. The highest BCUT2D eigenvalue weighted by molar-refractivity contribution is 7.43. The quantitative estimate of drug-likeness (QED) is 0.117. The highest BCUT2D eigenvalue weighted by atomic mass is 32.2. The van der Waals surface area contributed by atoms with E-state index in [0.717, 1.165) is 21.4 Å². The van der Waals surface area contributed by atoms with Crippen LogP contribution in [-0.4, -0.2) is 24.0 Å². The zero-order valence-corrected chi connectivity index (χ0v) is 22.3. The van der Waals surface area contributed by atoms with E-state index in [-0.39, 0.29) is 28.7 Å². The largest absolute Gasteiger partial charge is 0.481 e. The molecule has 4 aromatic rings. The van der Waals surface area contributed by atoms with Crippen molar-refractivity contribution < 1.29 is 23.5 Å². The van der Waals surface area contributed by atoms with Crippen molar-refractivity contribution >= 4 is 32.3 Å². The van der Waals surface area contributed by atoms with Crippen molar-refractivity contribution in [2.24, 2.45) is 0 Å². The van der Waals surface area contributed by atoms with E-state index in [0.29, 0.717) is 16.9 Å². The molecule has 0 aliphatic carbocycles. The van der Waals surface area contributed by atoms with Gasteiger partial charge in [-0.05, 0) is 88.2 Å². The first-order valence-corrected chi connectivity index (χ1v) is 13.1. The molecule has 0 saturated carbocycles. The number of hydrogen-bond donors (Lipinski definition) is 0. The van der Waals surface area contributed by atoms with Gasteiger partial charge in [-0.3, -0.25) is 4.79 Å². The number of ketones is 1. The van der Waals surface area contributed by atoms with Crippen molar-refractivity contribution in [3.05, 3.63) is 94.1 Å². The van der Waals surface area contributed by atoms with Gasteiger partial charge in [-0.25, -0.2) is 9.18 Å². The Bertz CT molecular complexity index is 1530. The lowest BCUT2D eigenvalue weighted by molar-refractivity contribution is -0.154. The number of fused-ring (bicyclic) bond motifs is 1. The molecule has 0 radical (unpaired) electrons. The second kappa shape index (κ2) is 10.6. The zero-order valence-electron chi connectivity index (χ0n) is 21.5. The number of esters is 1. The maximum atomic E-state index is 13.1. The van der Waals surface area contributed by atoms with Gasteiger partial charge in [-0.1, -0.05) is 11.8 Å². The second-order valence-corrected chi connectivity index (χ2v) is 11.2. The summed E-state index contributed by atoms with van der Waals surface area (Å²) >= 11 is 0. The van der Waals surface area contributed by atoms with E-state index in [9.17, 15) is 14.0 Å². The number of aryl methyl sites for hydroxylation is 2. The average molecular weight is 516 g/mol. The van der Waals surface area contributed by atoms with Crippen molar-refractivity contribution in [3.63, 3.8) is 0 Å². The minimum absolute atomic E-state index is 0.0537. The third kappa shape index (κ3) is 6.25. The van der Waals surface area contributed by atoms with Gasteiger partial charge in [0.1, 0.15) is 16.9 Å². The van der Waals surface area contributed by atoms with Crippen LogP contribution in [0, 0.1) is 31.5 Å². The third-order valence-corrected chi connectivity index (χ3v) is 7.78. The second-order valence-electron chi connectivity index (χ2n) is 9.37. The van der Waals surface area contributed by atoms with E-state index in [1.807, 2.05) is 32.0 Å². The lowest BCUT2D eigenvalue weighted by Crippen LogP contribution is -2.29. The third-order valence-electron chi connectivity index (χ3n) is 5.78. The summed E-state index contributed by atoms with van der Waals surface area (Å²) in [7, 11) is -0.237. The molecular weight excluding hydrogens is 487 g/mol. The molecule has 3 aromatic carbocycles. The van der Waals surface area contributed by atoms with Crippen molar-refractivity contribution in [2.75, 3.05) is 6.61 Å². The predicted octanol–water partition coefficient (Wildman–Crippen LogP) is 7.29. The monoisotopic (exact) mass is 515 g/mol. The first kappa shape index (κ1) is 26.1. The molecule has 0 aliphatic rings. The van der Waals surface area contributed by atoms with Gasteiger partial charge in [0.05, 0.1) is 0 Å². The number of Topliss-reactive ketones (excluding diaryl/α,β-unsaturated/α-hetero) is 1. The van der Waals surface area contributed by atoms with Crippen molar-refractivity contribution in [1.82, 2.24) is 0 Å². The molecule has 0 spiro atoms. The van der Waals surface area contributed by atoms with E-state index >= 15 is 0 Å². The van der Waals surface area contributed by atoms with Crippen LogP contribution in [-0.2, 0) is 9.53 Å². The molecule has 37 heavy (non-hydrogen) atoms. The Morgan fingerprint density at radius 3 is 2.30 bits per heavy atom. The molecule has 6 heteroatoms. The normalized spacial score (nSPS) is 11.6. The summed E-state index contributed by atoms with van der Waals surface area (Å²) in [6, 6.07) is 17.9.